The Morgan fingerprint density at radius 3 is 3.00 bits per heavy atom. The fourth-order valence-electron chi connectivity index (χ4n) is 0.498. The number of nitrogens with zero attached hydrogens (tertiary/aromatic N) is 5. The molecule has 0 aliphatic carbocycles. The van der Waals surface area contributed by atoms with Crippen molar-refractivity contribution in [2.24, 2.45) is 0 Å². The molecule has 0 aromatic carbocycles. The molecule has 1 heterocycles. The summed E-state index contributed by atoms with van der Waals surface area (Å²) in [6.45, 7) is 2.51. The number of aromatic nitrogens is 4. The molecule has 0 amide bonds. The first kappa shape index (κ1) is 5.69. The van der Waals surface area contributed by atoms with E-state index in [-0.39, 0.29) is 5.82 Å². The second kappa shape index (κ2) is 2.22. The van der Waals surface area contributed by atoms with Crippen LogP contribution >= 0.6 is 0 Å². The molecular formula is C4H5N5. The van der Waals surface area contributed by atoms with Crippen molar-refractivity contribution in [1.82, 2.24) is 20.2 Å². The number of hydrogen-bond acceptors (Lipinski definition) is 4. The molecule has 46 valence electrons. The fourth-order valence-corrected chi connectivity index (χ4v) is 0.498. The normalized spacial score (nSPS) is 8.89. The number of hydrogen-bond donors (Lipinski definition) is 0. The summed E-state index contributed by atoms with van der Waals surface area (Å²) in [6, 6.07) is 1.85. The van der Waals surface area contributed by atoms with E-state index in [0.29, 0.717) is 6.54 Å². The summed E-state index contributed by atoms with van der Waals surface area (Å²) in [5, 5.41) is 18.6. The third kappa shape index (κ3) is 0.865. The quantitative estimate of drug-likeness (QED) is 0.508. The summed E-state index contributed by atoms with van der Waals surface area (Å²) < 4.78 is 1.43. The molecule has 0 atom stereocenters. The molecule has 5 heteroatoms. The first-order chi connectivity index (χ1) is 4.38. The summed E-state index contributed by atoms with van der Waals surface area (Å²) in [7, 11) is 0. The van der Waals surface area contributed by atoms with Gasteiger partial charge in [-0.25, -0.2) is 4.68 Å². The number of tetrazole rings is 1. The molecule has 5 nitrogen and oxygen atoms in total. The van der Waals surface area contributed by atoms with Crippen LogP contribution in [0.5, 0.6) is 0 Å². The van der Waals surface area contributed by atoms with Crippen LogP contribution in [0.3, 0.4) is 0 Å². The van der Waals surface area contributed by atoms with Gasteiger partial charge in [0.25, 0.3) is 5.82 Å². The molecule has 1 aromatic heterocycles. The van der Waals surface area contributed by atoms with Gasteiger partial charge in [0.15, 0.2) is 0 Å². The minimum absolute atomic E-state index is 0.262. The van der Waals surface area contributed by atoms with Crippen molar-refractivity contribution >= 4 is 0 Å². The topological polar surface area (TPSA) is 67.4 Å². The Balaban J connectivity index is 3.02. The lowest BCUT2D eigenvalue weighted by atomic mass is 10.6. The van der Waals surface area contributed by atoms with E-state index < -0.39 is 0 Å². The zero-order valence-corrected chi connectivity index (χ0v) is 4.94. The van der Waals surface area contributed by atoms with Gasteiger partial charge >= 0.3 is 0 Å². The second-order valence-electron chi connectivity index (χ2n) is 1.43. The van der Waals surface area contributed by atoms with Crippen molar-refractivity contribution in [3.63, 3.8) is 0 Å². The summed E-state index contributed by atoms with van der Waals surface area (Å²) in [6.07, 6.45) is 0. The van der Waals surface area contributed by atoms with Crippen LogP contribution in [0.2, 0.25) is 0 Å². The Hall–Kier alpha value is -1.44. The van der Waals surface area contributed by atoms with Crippen molar-refractivity contribution in [2.45, 2.75) is 13.5 Å². The molecule has 0 N–H and O–H groups in total. The first-order valence-electron chi connectivity index (χ1n) is 2.54. The highest BCUT2D eigenvalue weighted by atomic mass is 15.5. The molecule has 0 unspecified atom stereocenters. The van der Waals surface area contributed by atoms with Crippen LogP contribution in [0.4, 0.5) is 0 Å². The first-order valence-corrected chi connectivity index (χ1v) is 2.54. The van der Waals surface area contributed by atoms with Crippen LogP contribution in [0.25, 0.3) is 0 Å². The van der Waals surface area contributed by atoms with Crippen molar-refractivity contribution < 1.29 is 0 Å². The molecule has 0 saturated carbocycles. The summed E-state index contributed by atoms with van der Waals surface area (Å²) in [4.78, 5) is 0. The van der Waals surface area contributed by atoms with Crippen LogP contribution in [0.15, 0.2) is 0 Å². The smallest absolute Gasteiger partial charge is 0.217 e. The van der Waals surface area contributed by atoms with Gasteiger partial charge in [0.2, 0.25) is 0 Å². The summed E-state index contributed by atoms with van der Waals surface area (Å²) >= 11 is 0. The van der Waals surface area contributed by atoms with Gasteiger partial charge in [0.1, 0.15) is 6.07 Å². The van der Waals surface area contributed by atoms with Crippen LogP contribution in [-0.4, -0.2) is 20.2 Å². The van der Waals surface area contributed by atoms with Gasteiger partial charge in [-0.05, 0) is 17.4 Å². The SMILES string of the molecule is CCn1nnnc1C#N. The highest BCUT2D eigenvalue weighted by molar-refractivity contribution is 5.05. The molecule has 1 aromatic rings. The monoisotopic (exact) mass is 123 g/mol. The molecule has 0 aliphatic heterocycles. The average Bonchev–Trinajstić information content (AvgIpc) is 2.33. The van der Waals surface area contributed by atoms with Gasteiger partial charge in [-0.3, -0.25) is 0 Å². The predicted octanol–water partition coefficient (Wildman–Crippen LogP) is -0.435. The Morgan fingerprint density at radius 1 is 1.78 bits per heavy atom. The van der Waals surface area contributed by atoms with E-state index in [1.54, 1.807) is 0 Å². The predicted molar refractivity (Wildman–Crippen MR) is 28.2 cm³/mol. The Labute approximate surface area is 51.9 Å². The van der Waals surface area contributed by atoms with E-state index >= 15 is 0 Å². The standard InChI is InChI=1S/C4H5N5/c1-2-9-4(3-5)6-7-8-9/h2H2,1H3. The maximum atomic E-state index is 8.33. The van der Waals surface area contributed by atoms with E-state index in [2.05, 4.69) is 15.5 Å². The molecule has 0 radical (unpaired) electrons. The van der Waals surface area contributed by atoms with Crippen LogP contribution in [-0.2, 0) is 6.54 Å². The number of rotatable bonds is 1. The molecule has 0 bridgehead atoms. The average molecular weight is 123 g/mol. The van der Waals surface area contributed by atoms with Gasteiger partial charge in [-0.1, -0.05) is 5.10 Å². The zero-order valence-electron chi connectivity index (χ0n) is 4.94. The summed E-state index contributed by atoms with van der Waals surface area (Å²) in [5.74, 6) is 0.262. The molecule has 0 saturated heterocycles. The van der Waals surface area contributed by atoms with Crippen LogP contribution in [0.1, 0.15) is 12.7 Å². The number of aryl methyl sites for hydroxylation is 1. The van der Waals surface area contributed by atoms with Crippen molar-refractivity contribution in [3.05, 3.63) is 5.82 Å². The fraction of sp³-hybridized carbons (Fsp3) is 0.500. The van der Waals surface area contributed by atoms with E-state index in [1.807, 2.05) is 13.0 Å². The van der Waals surface area contributed by atoms with Gasteiger partial charge in [0, 0.05) is 6.54 Å². The van der Waals surface area contributed by atoms with E-state index in [9.17, 15) is 0 Å². The van der Waals surface area contributed by atoms with Gasteiger partial charge in [-0.2, -0.15) is 5.26 Å². The minimum atomic E-state index is 0.262. The third-order valence-corrected chi connectivity index (χ3v) is 0.931. The Bertz CT molecular complexity index is 231. The van der Waals surface area contributed by atoms with Crippen molar-refractivity contribution in [3.8, 4) is 6.07 Å². The van der Waals surface area contributed by atoms with Crippen LogP contribution < -0.4 is 0 Å². The van der Waals surface area contributed by atoms with Gasteiger partial charge < -0.3 is 0 Å². The molecular weight excluding hydrogens is 118 g/mol. The van der Waals surface area contributed by atoms with Crippen molar-refractivity contribution in [1.29, 1.82) is 5.26 Å². The zero-order chi connectivity index (χ0) is 6.69. The van der Waals surface area contributed by atoms with E-state index in [0.717, 1.165) is 0 Å². The maximum Gasteiger partial charge on any atom is 0.253 e. The maximum absolute atomic E-state index is 8.33. The third-order valence-electron chi connectivity index (χ3n) is 0.931. The molecule has 0 fully saturated rings. The molecule has 9 heavy (non-hydrogen) atoms. The minimum Gasteiger partial charge on any atom is -0.217 e. The lowest BCUT2D eigenvalue weighted by Crippen LogP contribution is -1.99. The lowest BCUT2D eigenvalue weighted by Gasteiger charge is -1.87. The van der Waals surface area contributed by atoms with E-state index in [4.69, 9.17) is 5.26 Å². The van der Waals surface area contributed by atoms with Crippen LogP contribution in [0, 0.1) is 11.3 Å². The number of nitriles is 1. The Kier molecular flexibility index (Phi) is 1.40. The molecule has 0 spiro atoms. The molecule has 0 aliphatic rings. The summed E-state index contributed by atoms with van der Waals surface area (Å²) in [5.41, 5.74) is 0. The highest BCUT2D eigenvalue weighted by Gasteiger charge is 1.98. The Morgan fingerprint density at radius 2 is 2.56 bits per heavy atom. The van der Waals surface area contributed by atoms with Crippen molar-refractivity contribution in [2.75, 3.05) is 0 Å². The van der Waals surface area contributed by atoms with Gasteiger partial charge in [-0.15, -0.1) is 0 Å². The van der Waals surface area contributed by atoms with E-state index in [1.165, 1.54) is 4.68 Å². The second-order valence-corrected chi connectivity index (χ2v) is 1.43. The van der Waals surface area contributed by atoms with Gasteiger partial charge in [0.05, 0.1) is 0 Å². The largest absolute Gasteiger partial charge is 0.253 e. The highest BCUT2D eigenvalue weighted by Crippen LogP contribution is 1.85. The lowest BCUT2D eigenvalue weighted by molar-refractivity contribution is 0.620. The molecule has 1 rings (SSSR count).